The Bertz CT molecular complexity index is 256. The SMILES string of the molecule is CCC(=CCOCCC(C)(C)OC)C(=O)OC. The number of esters is 1. The summed E-state index contributed by atoms with van der Waals surface area (Å²) in [5.74, 6) is -0.284. The van der Waals surface area contributed by atoms with E-state index in [-0.39, 0.29) is 11.6 Å². The minimum atomic E-state index is -0.284. The molecule has 0 rings (SSSR count). The standard InChI is InChI=1S/C13H24O4/c1-6-11(12(14)15-4)7-9-17-10-8-13(2,3)16-5/h7H,6,8-10H2,1-5H3. The first-order valence-electron chi connectivity index (χ1n) is 5.87. The molecule has 0 N–H and O–H groups in total. The zero-order valence-corrected chi connectivity index (χ0v) is 11.5. The lowest BCUT2D eigenvalue weighted by Gasteiger charge is -2.22. The Morgan fingerprint density at radius 2 is 1.94 bits per heavy atom. The van der Waals surface area contributed by atoms with Gasteiger partial charge in [0.2, 0.25) is 0 Å². The first-order valence-corrected chi connectivity index (χ1v) is 5.87. The summed E-state index contributed by atoms with van der Waals surface area (Å²) in [6.07, 6.45) is 3.24. The Morgan fingerprint density at radius 1 is 1.29 bits per heavy atom. The van der Waals surface area contributed by atoms with Crippen LogP contribution < -0.4 is 0 Å². The van der Waals surface area contributed by atoms with Gasteiger partial charge in [-0.1, -0.05) is 6.92 Å². The van der Waals surface area contributed by atoms with E-state index >= 15 is 0 Å². The van der Waals surface area contributed by atoms with Gasteiger partial charge in [-0.25, -0.2) is 4.79 Å². The van der Waals surface area contributed by atoms with Gasteiger partial charge in [0.05, 0.1) is 19.3 Å². The topological polar surface area (TPSA) is 44.8 Å². The minimum absolute atomic E-state index is 0.167. The molecule has 0 saturated carbocycles. The fourth-order valence-electron chi connectivity index (χ4n) is 1.17. The molecule has 0 aliphatic rings. The summed E-state index contributed by atoms with van der Waals surface area (Å²) < 4.78 is 15.4. The highest BCUT2D eigenvalue weighted by atomic mass is 16.5. The smallest absolute Gasteiger partial charge is 0.333 e. The first kappa shape index (κ1) is 16.1. The lowest BCUT2D eigenvalue weighted by atomic mass is 10.1. The van der Waals surface area contributed by atoms with Gasteiger partial charge in [-0.2, -0.15) is 0 Å². The van der Waals surface area contributed by atoms with Crippen molar-refractivity contribution in [2.75, 3.05) is 27.4 Å². The molecule has 100 valence electrons. The average molecular weight is 244 g/mol. The summed E-state index contributed by atoms with van der Waals surface area (Å²) in [4.78, 5) is 11.2. The number of methoxy groups -OCH3 is 2. The van der Waals surface area contributed by atoms with Crippen LogP contribution in [0.25, 0.3) is 0 Å². The van der Waals surface area contributed by atoms with Crippen LogP contribution in [-0.2, 0) is 19.0 Å². The maximum Gasteiger partial charge on any atom is 0.333 e. The number of carbonyl (C=O) groups excluding carboxylic acids is 1. The molecule has 17 heavy (non-hydrogen) atoms. The monoisotopic (exact) mass is 244 g/mol. The number of ether oxygens (including phenoxy) is 3. The summed E-state index contributed by atoms with van der Waals surface area (Å²) in [5, 5.41) is 0. The summed E-state index contributed by atoms with van der Waals surface area (Å²) in [6, 6.07) is 0. The summed E-state index contributed by atoms with van der Waals surface area (Å²) in [7, 11) is 3.07. The highest BCUT2D eigenvalue weighted by Crippen LogP contribution is 2.12. The molecule has 0 fully saturated rings. The van der Waals surface area contributed by atoms with E-state index in [1.54, 1.807) is 13.2 Å². The van der Waals surface area contributed by atoms with Crippen molar-refractivity contribution < 1.29 is 19.0 Å². The molecule has 0 spiro atoms. The number of hydrogen-bond donors (Lipinski definition) is 0. The molecule has 0 saturated heterocycles. The van der Waals surface area contributed by atoms with Crippen LogP contribution in [0.5, 0.6) is 0 Å². The molecule has 4 heteroatoms. The predicted molar refractivity (Wildman–Crippen MR) is 66.9 cm³/mol. The van der Waals surface area contributed by atoms with Crippen molar-refractivity contribution in [3.05, 3.63) is 11.6 Å². The third-order valence-electron chi connectivity index (χ3n) is 2.68. The molecule has 0 unspecified atom stereocenters. The van der Waals surface area contributed by atoms with Crippen LogP contribution in [0.4, 0.5) is 0 Å². The van der Waals surface area contributed by atoms with Crippen molar-refractivity contribution in [3.63, 3.8) is 0 Å². The average Bonchev–Trinajstić information content (AvgIpc) is 2.32. The van der Waals surface area contributed by atoms with Gasteiger partial charge in [0.25, 0.3) is 0 Å². The lowest BCUT2D eigenvalue weighted by Crippen LogP contribution is -2.24. The molecule has 0 heterocycles. The van der Waals surface area contributed by atoms with Crippen LogP contribution in [0.1, 0.15) is 33.6 Å². The van der Waals surface area contributed by atoms with E-state index in [1.807, 2.05) is 20.8 Å². The van der Waals surface area contributed by atoms with Crippen LogP contribution in [-0.4, -0.2) is 39.0 Å². The molecular formula is C13H24O4. The van der Waals surface area contributed by atoms with Crippen molar-refractivity contribution in [1.82, 2.24) is 0 Å². The maximum atomic E-state index is 11.2. The number of carbonyl (C=O) groups is 1. The van der Waals surface area contributed by atoms with Gasteiger partial charge in [-0.05, 0) is 32.8 Å². The van der Waals surface area contributed by atoms with E-state index in [9.17, 15) is 4.79 Å². The van der Waals surface area contributed by atoms with Crippen molar-refractivity contribution in [2.24, 2.45) is 0 Å². The van der Waals surface area contributed by atoms with Gasteiger partial charge in [0.15, 0.2) is 0 Å². The Hall–Kier alpha value is -0.870. The van der Waals surface area contributed by atoms with E-state index in [1.165, 1.54) is 7.11 Å². The summed E-state index contributed by atoms with van der Waals surface area (Å²) in [6.45, 7) is 6.97. The molecule has 0 bridgehead atoms. The quantitative estimate of drug-likeness (QED) is 0.373. The molecule has 0 atom stereocenters. The van der Waals surface area contributed by atoms with Gasteiger partial charge in [0.1, 0.15) is 0 Å². The molecule has 4 nitrogen and oxygen atoms in total. The van der Waals surface area contributed by atoms with Gasteiger partial charge in [-0.15, -0.1) is 0 Å². The Morgan fingerprint density at radius 3 is 2.41 bits per heavy atom. The normalized spacial score (nSPS) is 12.6. The van der Waals surface area contributed by atoms with Crippen molar-refractivity contribution >= 4 is 5.97 Å². The lowest BCUT2D eigenvalue weighted by molar-refractivity contribution is -0.136. The molecule has 0 aliphatic carbocycles. The Labute approximate surface area is 104 Å². The molecule has 0 aliphatic heterocycles. The molecule has 0 aromatic rings. The second kappa shape index (κ2) is 8.25. The van der Waals surface area contributed by atoms with E-state index in [2.05, 4.69) is 4.74 Å². The summed E-state index contributed by atoms with van der Waals surface area (Å²) >= 11 is 0. The van der Waals surface area contributed by atoms with E-state index in [0.717, 1.165) is 6.42 Å². The Balaban J connectivity index is 3.89. The molecule has 0 aromatic carbocycles. The van der Waals surface area contributed by atoms with Crippen LogP contribution in [0.15, 0.2) is 11.6 Å². The van der Waals surface area contributed by atoms with E-state index < -0.39 is 0 Å². The second-order valence-electron chi connectivity index (χ2n) is 4.36. The van der Waals surface area contributed by atoms with Gasteiger partial charge in [-0.3, -0.25) is 0 Å². The van der Waals surface area contributed by atoms with Crippen LogP contribution in [0.3, 0.4) is 0 Å². The zero-order chi connectivity index (χ0) is 13.3. The zero-order valence-electron chi connectivity index (χ0n) is 11.5. The van der Waals surface area contributed by atoms with Crippen LogP contribution >= 0.6 is 0 Å². The molecule has 0 amide bonds. The van der Waals surface area contributed by atoms with E-state index in [4.69, 9.17) is 9.47 Å². The fourth-order valence-corrected chi connectivity index (χ4v) is 1.17. The maximum absolute atomic E-state index is 11.2. The van der Waals surface area contributed by atoms with Crippen LogP contribution in [0.2, 0.25) is 0 Å². The van der Waals surface area contributed by atoms with Gasteiger partial charge < -0.3 is 14.2 Å². The highest BCUT2D eigenvalue weighted by molar-refractivity contribution is 5.88. The predicted octanol–water partition coefficient (Wildman–Crippen LogP) is 2.33. The highest BCUT2D eigenvalue weighted by Gasteiger charge is 2.15. The molecule has 0 radical (unpaired) electrons. The van der Waals surface area contributed by atoms with Gasteiger partial charge in [0, 0.05) is 19.3 Å². The minimum Gasteiger partial charge on any atom is -0.466 e. The summed E-state index contributed by atoms with van der Waals surface area (Å²) in [5.41, 5.74) is 0.484. The Kier molecular flexibility index (Phi) is 7.83. The van der Waals surface area contributed by atoms with E-state index in [0.29, 0.717) is 25.2 Å². The first-order chi connectivity index (χ1) is 7.96. The molecule has 0 aromatic heterocycles. The molecular weight excluding hydrogens is 220 g/mol. The van der Waals surface area contributed by atoms with Crippen molar-refractivity contribution in [2.45, 2.75) is 39.2 Å². The largest absolute Gasteiger partial charge is 0.466 e. The number of hydrogen-bond acceptors (Lipinski definition) is 4. The third-order valence-corrected chi connectivity index (χ3v) is 2.68. The van der Waals surface area contributed by atoms with Crippen molar-refractivity contribution in [1.29, 1.82) is 0 Å². The van der Waals surface area contributed by atoms with Crippen LogP contribution in [0, 0.1) is 0 Å². The third kappa shape index (κ3) is 7.13. The number of rotatable bonds is 8. The van der Waals surface area contributed by atoms with Crippen molar-refractivity contribution in [3.8, 4) is 0 Å². The second-order valence-corrected chi connectivity index (χ2v) is 4.36. The fraction of sp³-hybridized carbons (Fsp3) is 0.769. The van der Waals surface area contributed by atoms with Gasteiger partial charge >= 0.3 is 5.97 Å².